The van der Waals surface area contributed by atoms with Crippen molar-refractivity contribution in [2.24, 2.45) is 0 Å². The quantitative estimate of drug-likeness (QED) is 0.429. The van der Waals surface area contributed by atoms with E-state index in [-0.39, 0.29) is 18.1 Å². The van der Waals surface area contributed by atoms with Gasteiger partial charge < -0.3 is 4.74 Å². The largest absolute Gasteiger partial charge is 0.369 e. The summed E-state index contributed by atoms with van der Waals surface area (Å²) in [6.07, 6.45) is 5.48. The smallest absolute Gasteiger partial charge is 0.296 e. The van der Waals surface area contributed by atoms with Crippen LogP contribution in [-0.2, 0) is 19.0 Å². The van der Waals surface area contributed by atoms with Crippen LogP contribution in [-0.4, -0.2) is 28.2 Å². The summed E-state index contributed by atoms with van der Waals surface area (Å²) in [5.74, 6) is 2.32. The predicted octanol–water partition coefficient (Wildman–Crippen LogP) is 1.74. The van der Waals surface area contributed by atoms with Crippen molar-refractivity contribution in [3.63, 3.8) is 0 Å². The summed E-state index contributed by atoms with van der Waals surface area (Å²) in [7, 11) is -3.67. The zero-order valence-electron chi connectivity index (χ0n) is 10.3. The standard InChI is InChI=1S/C13H16O4S/c1-3-9-16-10-4-11-17-18(14,15)13-7-5-12(2)6-8-13/h1,5-8H,4,9-11H2,2H3. The second-order valence-electron chi connectivity index (χ2n) is 3.70. The molecule has 0 aliphatic heterocycles. The molecule has 0 amide bonds. The van der Waals surface area contributed by atoms with E-state index in [2.05, 4.69) is 5.92 Å². The van der Waals surface area contributed by atoms with Gasteiger partial charge in [0.2, 0.25) is 0 Å². The Labute approximate surface area is 108 Å². The number of rotatable bonds is 7. The van der Waals surface area contributed by atoms with Crippen LogP contribution in [0.2, 0.25) is 0 Å². The lowest BCUT2D eigenvalue weighted by Crippen LogP contribution is -2.09. The highest BCUT2D eigenvalue weighted by Gasteiger charge is 2.14. The summed E-state index contributed by atoms with van der Waals surface area (Å²) in [5.41, 5.74) is 0.997. The fourth-order valence-corrected chi connectivity index (χ4v) is 2.18. The Morgan fingerprint density at radius 1 is 1.22 bits per heavy atom. The van der Waals surface area contributed by atoms with Crippen molar-refractivity contribution in [2.45, 2.75) is 18.2 Å². The van der Waals surface area contributed by atoms with E-state index in [9.17, 15) is 8.42 Å². The number of hydrogen-bond donors (Lipinski definition) is 0. The molecule has 98 valence electrons. The molecule has 0 aromatic heterocycles. The maximum atomic E-state index is 11.7. The van der Waals surface area contributed by atoms with E-state index in [4.69, 9.17) is 15.3 Å². The summed E-state index contributed by atoms with van der Waals surface area (Å²) < 4.78 is 33.4. The topological polar surface area (TPSA) is 52.6 Å². The van der Waals surface area contributed by atoms with Gasteiger partial charge in [-0.2, -0.15) is 8.42 Å². The highest BCUT2D eigenvalue weighted by Crippen LogP contribution is 2.13. The van der Waals surface area contributed by atoms with E-state index in [1.54, 1.807) is 12.1 Å². The van der Waals surface area contributed by atoms with Crippen molar-refractivity contribution in [1.29, 1.82) is 0 Å². The molecule has 18 heavy (non-hydrogen) atoms. The van der Waals surface area contributed by atoms with E-state index >= 15 is 0 Å². The molecular formula is C13H16O4S. The number of benzene rings is 1. The first-order valence-corrected chi connectivity index (χ1v) is 6.94. The van der Waals surface area contributed by atoms with E-state index in [1.807, 2.05) is 6.92 Å². The van der Waals surface area contributed by atoms with E-state index in [1.165, 1.54) is 12.1 Å². The first kappa shape index (κ1) is 14.7. The molecular weight excluding hydrogens is 252 g/mol. The lowest BCUT2D eigenvalue weighted by Gasteiger charge is -2.05. The van der Waals surface area contributed by atoms with Crippen molar-refractivity contribution in [3.05, 3.63) is 29.8 Å². The molecule has 1 aromatic carbocycles. The summed E-state index contributed by atoms with van der Waals surface area (Å²) in [6, 6.07) is 6.51. The molecule has 0 spiro atoms. The fourth-order valence-electron chi connectivity index (χ4n) is 1.23. The van der Waals surface area contributed by atoms with Crippen molar-refractivity contribution in [1.82, 2.24) is 0 Å². The normalized spacial score (nSPS) is 11.1. The molecule has 0 aliphatic rings. The van der Waals surface area contributed by atoms with Crippen molar-refractivity contribution in [2.75, 3.05) is 19.8 Å². The molecule has 0 N–H and O–H groups in total. The van der Waals surface area contributed by atoms with Crippen LogP contribution in [0.1, 0.15) is 12.0 Å². The summed E-state index contributed by atoms with van der Waals surface area (Å²) in [5, 5.41) is 0. The van der Waals surface area contributed by atoms with Gasteiger partial charge in [0.1, 0.15) is 6.61 Å². The molecule has 1 rings (SSSR count). The minimum absolute atomic E-state index is 0.0841. The molecule has 5 heteroatoms. The van der Waals surface area contributed by atoms with Gasteiger partial charge in [-0.1, -0.05) is 23.6 Å². The molecule has 0 atom stereocenters. The number of hydrogen-bond acceptors (Lipinski definition) is 4. The molecule has 0 radical (unpaired) electrons. The Bertz CT molecular complexity index is 497. The van der Waals surface area contributed by atoms with Crippen molar-refractivity contribution >= 4 is 10.1 Å². The highest BCUT2D eigenvalue weighted by molar-refractivity contribution is 7.86. The van der Waals surface area contributed by atoms with Crippen molar-refractivity contribution < 1.29 is 17.3 Å². The zero-order chi connectivity index (χ0) is 13.4. The molecule has 0 aliphatic carbocycles. The second-order valence-corrected chi connectivity index (χ2v) is 5.31. The van der Waals surface area contributed by atoms with Gasteiger partial charge in [0.25, 0.3) is 10.1 Å². The molecule has 0 bridgehead atoms. The Morgan fingerprint density at radius 2 is 1.89 bits per heavy atom. The monoisotopic (exact) mass is 268 g/mol. The molecule has 0 heterocycles. The van der Waals surface area contributed by atoms with Crippen LogP contribution in [0.5, 0.6) is 0 Å². The molecule has 4 nitrogen and oxygen atoms in total. The Hall–Kier alpha value is -1.35. The third-order valence-corrected chi connectivity index (χ3v) is 3.49. The number of ether oxygens (including phenoxy) is 1. The summed E-state index contributed by atoms with van der Waals surface area (Å²) in [4.78, 5) is 0.164. The van der Waals surface area contributed by atoms with Gasteiger partial charge in [0.05, 0.1) is 18.1 Å². The lowest BCUT2D eigenvalue weighted by molar-refractivity contribution is 0.148. The number of aryl methyl sites for hydroxylation is 1. The average molecular weight is 268 g/mol. The Kier molecular flexibility index (Phi) is 5.86. The van der Waals surface area contributed by atoms with Crippen LogP contribution in [0.4, 0.5) is 0 Å². The van der Waals surface area contributed by atoms with Crippen molar-refractivity contribution in [3.8, 4) is 12.3 Å². The first-order chi connectivity index (χ1) is 8.56. The van der Waals surface area contributed by atoms with Gasteiger partial charge in [-0.25, -0.2) is 0 Å². The van der Waals surface area contributed by atoms with Crippen LogP contribution in [0.15, 0.2) is 29.2 Å². The van der Waals surface area contributed by atoms with Gasteiger partial charge >= 0.3 is 0 Å². The molecule has 0 saturated carbocycles. The third-order valence-electron chi connectivity index (χ3n) is 2.17. The van der Waals surface area contributed by atoms with E-state index < -0.39 is 10.1 Å². The highest BCUT2D eigenvalue weighted by atomic mass is 32.2. The van der Waals surface area contributed by atoms with Gasteiger partial charge in [0.15, 0.2) is 0 Å². The maximum absolute atomic E-state index is 11.7. The van der Waals surface area contributed by atoms with E-state index in [0.717, 1.165) is 5.56 Å². The van der Waals surface area contributed by atoms with Gasteiger partial charge in [0, 0.05) is 0 Å². The lowest BCUT2D eigenvalue weighted by atomic mass is 10.2. The van der Waals surface area contributed by atoms with Crippen LogP contribution < -0.4 is 0 Å². The molecule has 0 unspecified atom stereocenters. The summed E-state index contributed by atoms with van der Waals surface area (Å²) >= 11 is 0. The van der Waals surface area contributed by atoms with Gasteiger partial charge in [-0.05, 0) is 25.5 Å². The summed E-state index contributed by atoms with van der Waals surface area (Å²) in [6.45, 7) is 2.58. The van der Waals surface area contributed by atoms with Crippen LogP contribution in [0.25, 0.3) is 0 Å². The minimum Gasteiger partial charge on any atom is -0.369 e. The number of terminal acetylenes is 1. The molecule has 0 saturated heterocycles. The van der Waals surface area contributed by atoms with Crippen LogP contribution >= 0.6 is 0 Å². The van der Waals surface area contributed by atoms with Crippen LogP contribution in [0, 0.1) is 19.3 Å². The molecule has 1 aromatic rings. The van der Waals surface area contributed by atoms with Crippen LogP contribution in [0.3, 0.4) is 0 Å². The second kappa shape index (κ2) is 7.17. The van der Waals surface area contributed by atoms with Gasteiger partial charge in [-0.15, -0.1) is 6.42 Å². The molecule has 0 fully saturated rings. The average Bonchev–Trinajstić information content (AvgIpc) is 2.34. The van der Waals surface area contributed by atoms with E-state index in [0.29, 0.717) is 13.0 Å². The Balaban J connectivity index is 2.41. The minimum atomic E-state index is -3.67. The third kappa shape index (κ3) is 4.88. The first-order valence-electron chi connectivity index (χ1n) is 5.53. The zero-order valence-corrected chi connectivity index (χ0v) is 11.1. The van der Waals surface area contributed by atoms with Gasteiger partial charge in [-0.3, -0.25) is 4.18 Å². The fraction of sp³-hybridized carbons (Fsp3) is 0.385. The SMILES string of the molecule is C#CCOCCCOS(=O)(=O)c1ccc(C)cc1. The maximum Gasteiger partial charge on any atom is 0.296 e. The predicted molar refractivity (Wildman–Crippen MR) is 68.6 cm³/mol. The Morgan fingerprint density at radius 3 is 2.50 bits per heavy atom.